The van der Waals surface area contributed by atoms with Gasteiger partial charge in [-0.2, -0.15) is 0 Å². The Morgan fingerprint density at radius 2 is 1.11 bits per heavy atom. The first-order valence-corrected chi connectivity index (χ1v) is 17.8. The van der Waals surface area contributed by atoms with Crippen LogP contribution in [0.1, 0.15) is 136 Å². The summed E-state index contributed by atoms with van der Waals surface area (Å²) in [4.78, 5) is 24.5. The van der Waals surface area contributed by atoms with Gasteiger partial charge in [-0.1, -0.05) is 101 Å². The van der Waals surface area contributed by atoms with Gasteiger partial charge in [-0.15, -0.1) is 0 Å². The van der Waals surface area contributed by atoms with E-state index in [0.29, 0.717) is 26.1 Å². The molecule has 45 heavy (non-hydrogen) atoms. The Labute approximate surface area is 275 Å². The third kappa shape index (κ3) is 31.5. The van der Waals surface area contributed by atoms with E-state index in [4.69, 9.17) is 18.9 Å². The van der Waals surface area contributed by atoms with Crippen LogP contribution >= 0.6 is 0 Å². The number of aliphatic hydroxyl groups is 1. The predicted molar refractivity (Wildman–Crippen MR) is 185 cm³/mol. The van der Waals surface area contributed by atoms with Crippen LogP contribution in [0.15, 0.2) is 48.6 Å². The Morgan fingerprint density at radius 1 is 0.600 bits per heavy atom. The van der Waals surface area contributed by atoms with Gasteiger partial charge in [0.25, 0.3) is 0 Å². The van der Waals surface area contributed by atoms with Crippen molar-refractivity contribution < 1.29 is 33.6 Å². The molecule has 1 atom stereocenters. The van der Waals surface area contributed by atoms with E-state index < -0.39 is 12.2 Å². The second kappa shape index (κ2) is 34.6. The average Bonchev–Trinajstić information content (AvgIpc) is 3.04. The molecule has 0 aromatic carbocycles. The fourth-order valence-corrected chi connectivity index (χ4v) is 4.35. The number of carbonyl (C=O) groups is 2. The summed E-state index contributed by atoms with van der Waals surface area (Å²) >= 11 is 0. The van der Waals surface area contributed by atoms with Crippen molar-refractivity contribution in [3.05, 3.63) is 48.6 Å². The van der Waals surface area contributed by atoms with Gasteiger partial charge in [0.05, 0.1) is 45.4 Å². The third-order valence-corrected chi connectivity index (χ3v) is 7.12. The molecule has 1 N–H and O–H groups in total. The van der Waals surface area contributed by atoms with Gasteiger partial charge in [0.1, 0.15) is 0 Å². The molecule has 0 aliphatic heterocycles. The molecule has 0 saturated heterocycles. The molecule has 260 valence electrons. The number of aliphatic hydroxyl groups excluding tert-OH is 1. The number of hydrogen-bond acceptors (Lipinski definition) is 7. The first-order valence-electron chi connectivity index (χ1n) is 17.8. The summed E-state index contributed by atoms with van der Waals surface area (Å²) in [6.07, 6.45) is 33.8. The number of ether oxygens (including phenoxy) is 4. The van der Waals surface area contributed by atoms with Crippen LogP contribution < -0.4 is 0 Å². The minimum atomic E-state index is -0.480. The van der Waals surface area contributed by atoms with Crippen molar-refractivity contribution in [1.29, 1.82) is 0 Å². The molecule has 0 bridgehead atoms. The lowest BCUT2D eigenvalue weighted by molar-refractivity contribution is -0.159. The highest BCUT2D eigenvalue weighted by atomic mass is 16.7. The number of unbranched alkanes of at least 4 members (excludes halogenated alkanes) is 8. The smallest absolute Gasteiger partial charge is 0.305 e. The number of rotatable bonds is 32. The van der Waals surface area contributed by atoms with Crippen LogP contribution in [0, 0.1) is 5.92 Å². The summed E-state index contributed by atoms with van der Waals surface area (Å²) in [6, 6.07) is 0. The van der Waals surface area contributed by atoms with E-state index in [1.165, 1.54) is 32.1 Å². The molecule has 0 radical (unpaired) electrons. The van der Waals surface area contributed by atoms with Crippen molar-refractivity contribution in [2.45, 2.75) is 143 Å². The van der Waals surface area contributed by atoms with E-state index in [1.54, 1.807) is 0 Å². The Balaban J connectivity index is 4.04. The quantitative estimate of drug-likeness (QED) is 0.0341. The van der Waals surface area contributed by atoms with Gasteiger partial charge in [-0.25, -0.2) is 0 Å². The molecule has 0 spiro atoms. The van der Waals surface area contributed by atoms with Crippen LogP contribution in [0.3, 0.4) is 0 Å². The molecule has 0 amide bonds. The highest BCUT2D eigenvalue weighted by Gasteiger charge is 2.17. The highest BCUT2D eigenvalue weighted by molar-refractivity contribution is 5.69. The topological polar surface area (TPSA) is 91.3 Å². The van der Waals surface area contributed by atoms with Crippen molar-refractivity contribution in [2.24, 2.45) is 5.92 Å². The lowest BCUT2D eigenvalue weighted by Crippen LogP contribution is -2.25. The minimum absolute atomic E-state index is 0.00229. The molecule has 0 aromatic heterocycles. The Hall–Kier alpha value is -2.22. The second-order valence-electron chi connectivity index (χ2n) is 11.4. The second-order valence-corrected chi connectivity index (χ2v) is 11.4. The maximum absolute atomic E-state index is 12.4. The Morgan fingerprint density at radius 3 is 1.67 bits per heavy atom. The molecule has 0 aliphatic rings. The summed E-state index contributed by atoms with van der Waals surface area (Å²) in [5.74, 6) is -1.11. The number of allylic oxidation sites excluding steroid dienone is 6. The fraction of sp³-hybridized carbons (Fsp3) is 0.737. The highest BCUT2D eigenvalue weighted by Crippen LogP contribution is 2.11. The van der Waals surface area contributed by atoms with Crippen LogP contribution in [0.2, 0.25) is 0 Å². The standard InChI is InChI=1S/C38H66O7/c1-4-7-10-13-14-15-16-17-18-19-20-21-22-23-24-27-36(40)44-33-35(32-39)34-45-37(41)28-29-38(42-30-25-11-8-5-2)43-31-26-12-9-6-3/h8-9,11-12,14-15,17-18,35,38-39H,4-7,10,13,16,19-34H2,1-3H3/b11-8-,12-9-,15-14?,18-17-. The molecule has 7 heteroatoms. The zero-order chi connectivity index (χ0) is 33.1. The summed E-state index contributed by atoms with van der Waals surface area (Å²) in [6.45, 7) is 7.26. The van der Waals surface area contributed by atoms with E-state index in [-0.39, 0.29) is 38.2 Å². The van der Waals surface area contributed by atoms with Crippen LogP contribution in [0.4, 0.5) is 0 Å². The van der Waals surface area contributed by atoms with E-state index in [1.807, 2.05) is 0 Å². The molecule has 0 heterocycles. The fourth-order valence-electron chi connectivity index (χ4n) is 4.35. The van der Waals surface area contributed by atoms with Gasteiger partial charge in [-0.3, -0.25) is 9.59 Å². The number of hydrogen-bond donors (Lipinski definition) is 1. The SMILES string of the molecule is CC/C=C\CCOC(CCC(=O)OCC(CO)COC(=O)CCCCCCC/C=C\CC=CCCCCC)OCC/C=C\CC. The Bertz CT molecular complexity index is 767. The number of esters is 2. The summed E-state index contributed by atoms with van der Waals surface area (Å²) in [5, 5.41) is 9.66. The predicted octanol–water partition coefficient (Wildman–Crippen LogP) is 9.35. The van der Waals surface area contributed by atoms with Gasteiger partial charge < -0.3 is 24.1 Å². The van der Waals surface area contributed by atoms with Crippen molar-refractivity contribution >= 4 is 11.9 Å². The van der Waals surface area contributed by atoms with E-state index in [2.05, 4.69) is 69.4 Å². The largest absolute Gasteiger partial charge is 0.465 e. The monoisotopic (exact) mass is 634 g/mol. The summed E-state index contributed by atoms with van der Waals surface area (Å²) < 4.78 is 22.4. The van der Waals surface area contributed by atoms with Crippen molar-refractivity contribution in [3.8, 4) is 0 Å². The van der Waals surface area contributed by atoms with Gasteiger partial charge in [0, 0.05) is 12.8 Å². The first-order chi connectivity index (χ1) is 22.1. The Kier molecular flexibility index (Phi) is 32.9. The lowest BCUT2D eigenvalue weighted by atomic mass is 10.1. The van der Waals surface area contributed by atoms with Crippen LogP contribution in [-0.2, 0) is 28.5 Å². The molecular weight excluding hydrogens is 568 g/mol. The molecule has 0 aliphatic carbocycles. The zero-order valence-corrected chi connectivity index (χ0v) is 28.9. The molecule has 0 fully saturated rings. The maximum Gasteiger partial charge on any atom is 0.305 e. The lowest BCUT2D eigenvalue weighted by Gasteiger charge is -2.18. The first kappa shape index (κ1) is 42.8. The van der Waals surface area contributed by atoms with Crippen LogP contribution in [0.25, 0.3) is 0 Å². The van der Waals surface area contributed by atoms with Crippen molar-refractivity contribution in [3.63, 3.8) is 0 Å². The number of carbonyl (C=O) groups excluding carboxylic acids is 2. The normalized spacial score (nSPS) is 12.8. The van der Waals surface area contributed by atoms with Gasteiger partial charge in [-0.05, 0) is 64.2 Å². The van der Waals surface area contributed by atoms with E-state index in [0.717, 1.165) is 64.2 Å². The van der Waals surface area contributed by atoms with Crippen LogP contribution in [0.5, 0.6) is 0 Å². The van der Waals surface area contributed by atoms with E-state index in [9.17, 15) is 14.7 Å². The minimum Gasteiger partial charge on any atom is -0.465 e. The van der Waals surface area contributed by atoms with Crippen molar-refractivity contribution in [2.75, 3.05) is 33.0 Å². The van der Waals surface area contributed by atoms with E-state index >= 15 is 0 Å². The molecule has 0 saturated carbocycles. The molecule has 0 aromatic rings. The van der Waals surface area contributed by atoms with Gasteiger partial charge in [0.15, 0.2) is 6.29 Å². The van der Waals surface area contributed by atoms with Crippen molar-refractivity contribution in [1.82, 2.24) is 0 Å². The summed E-state index contributed by atoms with van der Waals surface area (Å²) in [5.41, 5.74) is 0. The maximum atomic E-state index is 12.4. The van der Waals surface area contributed by atoms with Crippen LogP contribution in [-0.4, -0.2) is 56.4 Å². The van der Waals surface area contributed by atoms with Gasteiger partial charge >= 0.3 is 11.9 Å². The molecule has 7 nitrogen and oxygen atoms in total. The third-order valence-electron chi connectivity index (χ3n) is 7.12. The zero-order valence-electron chi connectivity index (χ0n) is 28.9. The molecule has 0 rings (SSSR count). The molecule has 1 unspecified atom stereocenters. The average molecular weight is 635 g/mol. The molecular formula is C38H66O7. The summed E-state index contributed by atoms with van der Waals surface area (Å²) in [7, 11) is 0. The van der Waals surface area contributed by atoms with Gasteiger partial charge in [0.2, 0.25) is 0 Å².